The van der Waals surface area contributed by atoms with E-state index in [1.54, 1.807) is 0 Å². The minimum absolute atomic E-state index is 0.308. The van der Waals surface area contributed by atoms with Crippen molar-refractivity contribution in [3.8, 4) is 11.1 Å². The van der Waals surface area contributed by atoms with Gasteiger partial charge in [-0.1, -0.05) is 11.3 Å². The molecule has 0 spiro atoms. The number of carbonyl (C=O) groups is 3. The zero-order valence-corrected chi connectivity index (χ0v) is 23.9. The summed E-state index contributed by atoms with van der Waals surface area (Å²) in [5, 5.41) is 30.3. The number of aromatic nitrogens is 5. The zero-order chi connectivity index (χ0) is 36.3. The van der Waals surface area contributed by atoms with Crippen LogP contribution in [0.5, 0.6) is 0 Å². The average molecular weight is 698 g/mol. The number of halogens is 9. The predicted octanol–water partition coefficient (Wildman–Crippen LogP) is 5.42. The second kappa shape index (κ2) is 16.5. The van der Waals surface area contributed by atoms with E-state index in [0.717, 1.165) is 41.8 Å². The summed E-state index contributed by atoms with van der Waals surface area (Å²) in [5.74, 6) is -8.27. The molecule has 0 saturated carbocycles. The van der Waals surface area contributed by atoms with E-state index in [1.165, 1.54) is 12.0 Å². The quantitative estimate of drug-likeness (QED) is 0.233. The summed E-state index contributed by atoms with van der Waals surface area (Å²) in [7, 11) is 0. The van der Waals surface area contributed by atoms with Crippen molar-refractivity contribution < 1.29 is 69.2 Å². The summed E-state index contributed by atoms with van der Waals surface area (Å²) in [6.45, 7) is 2.00. The Morgan fingerprint density at radius 2 is 1.17 bits per heavy atom. The Kier molecular flexibility index (Phi) is 13.3. The minimum Gasteiger partial charge on any atom is -0.475 e. The number of fused-ring (bicyclic) bond motifs is 1. The van der Waals surface area contributed by atoms with Crippen LogP contribution in [0.15, 0.2) is 67.4 Å². The van der Waals surface area contributed by atoms with Crippen LogP contribution in [-0.4, -0.2) is 88.0 Å². The Labute approximate surface area is 263 Å². The monoisotopic (exact) mass is 698 g/mol. The maximum atomic E-state index is 10.6. The van der Waals surface area contributed by atoms with Crippen LogP contribution in [0, 0.1) is 0 Å². The summed E-state index contributed by atoms with van der Waals surface area (Å²) in [4.78, 5) is 37.4. The maximum Gasteiger partial charge on any atom is 0.490 e. The van der Waals surface area contributed by atoms with Crippen LogP contribution in [-0.2, 0) is 20.9 Å². The fourth-order valence-corrected chi connectivity index (χ4v) is 3.91. The largest absolute Gasteiger partial charge is 0.490 e. The number of hydrogen-bond donors (Lipinski definition) is 3. The van der Waals surface area contributed by atoms with Gasteiger partial charge in [-0.25, -0.2) is 18.9 Å². The molecule has 1 saturated heterocycles. The van der Waals surface area contributed by atoms with Gasteiger partial charge in [-0.15, -0.1) is 5.10 Å². The molecule has 0 radical (unpaired) electrons. The maximum absolute atomic E-state index is 10.6. The van der Waals surface area contributed by atoms with Crippen LogP contribution in [0.2, 0.25) is 0 Å². The zero-order valence-electron chi connectivity index (χ0n) is 23.9. The number of pyridine rings is 3. The Hall–Kier alpha value is -5.34. The molecule has 0 aromatic carbocycles. The molecule has 0 bridgehead atoms. The lowest BCUT2D eigenvalue weighted by molar-refractivity contribution is -0.193. The number of likely N-dealkylation sites (tertiary alicyclic amines) is 1. The first kappa shape index (κ1) is 38.8. The molecule has 1 aliphatic heterocycles. The smallest absolute Gasteiger partial charge is 0.475 e. The van der Waals surface area contributed by atoms with E-state index >= 15 is 0 Å². The van der Waals surface area contributed by atoms with Gasteiger partial charge < -0.3 is 15.3 Å². The van der Waals surface area contributed by atoms with Crippen molar-refractivity contribution in [3.05, 3.63) is 78.6 Å². The molecule has 1 aliphatic rings. The van der Waals surface area contributed by atoms with Crippen molar-refractivity contribution in [1.82, 2.24) is 29.7 Å². The normalized spacial score (nSPS) is 14.8. The molecule has 5 heterocycles. The van der Waals surface area contributed by atoms with Gasteiger partial charge in [0.15, 0.2) is 0 Å². The van der Waals surface area contributed by atoms with E-state index in [0.29, 0.717) is 6.04 Å². The number of alkyl halides is 9. The summed E-state index contributed by atoms with van der Waals surface area (Å²) in [5.41, 5.74) is 5.68. The summed E-state index contributed by atoms with van der Waals surface area (Å²) < 4.78 is 97.1. The first-order valence-electron chi connectivity index (χ1n) is 13.0. The molecule has 12 nitrogen and oxygen atoms in total. The minimum atomic E-state index is -5.08. The van der Waals surface area contributed by atoms with E-state index in [2.05, 4.69) is 49.4 Å². The Morgan fingerprint density at radius 1 is 0.708 bits per heavy atom. The lowest BCUT2D eigenvalue weighted by Crippen LogP contribution is -2.23. The Bertz CT molecular complexity index is 1590. The van der Waals surface area contributed by atoms with Crippen LogP contribution in [0.1, 0.15) is 30.1 Å². The number of rotatable bonds is 4. The predicted molar refractivity (Wildman–Crippen MR) is 144 cm³/mol. The molecule has 0 aliphatic carbocycles. The van der Waals surface area contributed by atoms with Crippen molar-refractivity contribution in [2.24, 2.45) is 0 Å². The van der Waals surface area contributed by atoms with Gasteiger partial charge in [0.05, 0.1) is 11.6 Å². The van der Waals surface area contributed by atoms with Crippen LogP contribution in [0.4, 0.5) is 39.5 Å². The van der Waals surface area contributed by atoms with E-state index in [-0.39, 0.29) is 0 Å². The molecular weight excluding hydrogens is 675 g/mol. The fraction of sp³-hybridized carbons (Fsp3) is 0.296. The number of carboxylic acid groups (broad SMARTS) is 3. The fourth-order valence-electron chi connectivity index (χ4n) is 3.91. The SMILES string of the molecule is O=C(O)C(F)(F)F.O=C(O)C(F)(F)F.O=C(O)C(F)(F)F.c1cc(CN2CCCC2c2nnn3cc(-c4ccncc4)ccc23)ccn1. The highest BCUT2D eigenvalue weighted by molar-refractivity contribution is 5.73. The van der Waals surface area contributed by atoms with Gasteiger partial charge in [-0.3, -0.25) is 14.9 Å². The average Bonchev–Trinajstić information content (AvgIpc) is 3.64. The highest BCUT2D eigenvalue weighted by Crippen LogP contribution is 2.34. The van der Waals surface area contributed by atoms with Crippen LogP contribution < -0.4 is 0 Å². The van der Waals surface area contributed by atoms with Crippen LogP contribution in [0.25, 0.3) is 16.6 Å². The molecule has 260 valence electrons. The van der Waals surface area contributed by atoms with Crippen molar-refractivity contribution >= 4 is 23.4 Å². The lowest BCUT2D eigenvalue weighted by atomic mass is 10.1. The third-order valence-corrected chi connectivity index (χ3v) is 6.00. The first-order chi connectivity index (χ1) is 22.2. The Balaban J connectivity index is 0.000000313. The highest BCUT2D eigenvalue weighted by atomic mass is 19.4. The molecule has 1 unspecified atom stereocenters. The molecule has 4 aromatic heterocycles. The van der Waals surface area contributed by atoms with Crippen LogP contribution >= 0.6 is 0 Å². The number of hydrogen-bond acceptors (Lipinski definition) is 8. The molecule has 21 heteroatoms. The molecule has 4 aromatic rings. The molecule has 5 rings (SSSR count). The molecule has 1 atom stereocenters. The van der Waals surface area contributed by atoms with E-state index in [1.807, 2.05) is 47.6 Å². The van der Waals surface area contributed by atoms with E-state index in [4.69, 9.17) is 29.7 Å². The highest BCUT2D eigenvalue weighted by Gasteiger charge is 2.39. The van der Waals surface area contributed by atoms with Gasteiger partial charge >= 0.3 is 36.4 Å². The summed E-state index contributed by atoms with van der Waals surface area (Å²) in [6, 6.07) is 12.8. The van der Waals surface area contributed by atoms with Crippen molar-refractivity contribution in [2.75, 3.05) is 6.54 Å². The molecule has 0 amide bonds. The van der Waals surface area contributed by atoms with E-state index < -0.39 is 36.4 Å². The van der Waals surface area contributed by atoms with Gasteiger partial charge in [-0.2, -0.15) is 39.5 Å². The van der Waals surface area contributed by atoms with Crippen molar-refractivity contribution in [1.29, 1.82) is 0 Å². The first-order valence-corrected chi connectivity index (χ1v) is 13.0. The van der Waals surface area contributed by atoms with Crippen LogP contribution in [0.3, 0.4) is 0 Å². The number of nitrogens with zero attached hydrogens (tertiary/aromatic N) is 6. The van der Waals surface area contributed by atoms with Gasteiger partial charge in [0, 0.05) is 43.1 Å². The lowest BCUT2D eigenvalue weighted by Gasteiger charge is -2.23. The molecule has 3 N–H and O–H groups in total. The summed E-state index contributed by atoms with van der Waals surface area (Å²) >= 11 is 0. The molecule has 48 heavy (non-hydrogen) atoms. The van der Waals surface area contributed by atoms with Crippen molar-refractivity contribution in [2.45, 2.75) is 44.0 Å². The Morgan fingerprint density at radius 3 is 1.62 bits per heavy atom. The number of carboxylic acids is 3. The van der Waals surface area contributed by atoms with Gasteiger partial charge in [0.25, 0.3) is 0 Å². The molecule has 1 fully saturated rings. The third kappa shape index (κ3) is 12.1. The standard InChI is InChI=1S/C21H20N6.3C2HF3O2/c1-2-19(26(13-1)14-16-5-9-22-10-6-16)21-20-4-3-18(15-27(20)25-24-21)17-7-11-23-12-8-17;3*3-2(4,5)1(6)7/h3-12,15,19H,1-2,13-14H2;3*(H,6,7). The second-order valence-corrected chi connectivity index (χ2v) is 9.35. The number of aliphatic carboxylic acids is 3. The third-order valence-electron chi connectivity index (χ3n) is 6.00. The van der Waals surface area contributed by atoms with Gasteiger partial charge in [0.2, 0.25) is 0 Å². The molecular formula is C27H23F9N6O6. The second-order valence-electron chi connectivity index (χ2n) is 9.35. The van der Waals surface area contributed by atoms with Gasteiger partial charge in [0.1, 0.15) is 5.69 Å². The van der Waals surface area contributed by atoms with Crippen molar-refractivity contribution in [3.63, 3.8) is 0 Å². The van der Waals surface area contributed by atoms with Gasteiger partial charge in [-0.05, 0) is 60.8 Å². The topological polar surface area (TPSA) is 171 Å². The van der Waals surface area contributed by atoms with E-state index in [9.17, 15) is 39.5 Å². The summed E-state index contributed by atoms with van der Waals surface area (Å²) in [6.07, 6.45) is -3.58.